The first-order chi connectivity index (χ1) is 9.04. The molecule has 6 heteroatoms. The van der Waals surface area contributed by atoms with Crippen LogP contribution >= 0.6 is 22.9 Å². The average molecular weight is 300 g/mol. The first kappa shape index (κ1) is 14.0. The molecule has 0 fully saturated rings. The number of hydrogen-bond donors (Lipinski definition) is 1. The topological polar surface area (TPSA) is 50.2 Å². The van der Waals surface area contributed by atoms with E-state index in [4.69, 9.17) is 16.7 Å². The van der Waals surface area contributed by atoms with Gasteiger partial charge in [-0.15, -0.1) is 11.3 Å². The highest BCUT2D eigenvalue weighted by Gasteiger charge is 2.21. The van der Waals surface area contributed by atoms with Crippen molar-refractivity contribution in [1.82, 2.24) is 4.98 Å². The van der Waals surface area contributed by atoms with E-state index in [-0.39, 0.29) is 16.3 Å². The van der Waals surface area contributed by atoms with Crippen molar-refractivity contribution in [2.45, 2.75) is 19.8 Å². The van der Waals surface area contributed by atoms with Crippen molar-refractivity contribution < 1.29 is 14.3 Å². The Hall–Kier alpha value is -1.46. The summed E-state index contributed by atoms with van der Waals surface area (Å²) in [4.78, 5) is 15.6. The van der Waals surface area contributed by atoms with E-state index in [9.17, 15) is 9.18 Å². The maximum atomic E-state index is 14.0. The van der Waals surface area contributed by atoms with Gasteiger partial charge in [-0.2, -0.15) is 0 Å². The van der Waals surface area contributed by atoms with E-state index in [2.05, 4.69) is 4.98 Å². The number of carboxylic acids is 1. The lowest BCUT2D eigenvalue weighted by atomic mass is 10.1. The van der Waals surface area contributed by atoms with E-state index in [0.29, 0.717) is 16.3 Å². The zero-order chi connectivity index (χ0) is 14.0. The van der Waals surface area contributed by atoms with Gasteiger partial charge in [-0.25, -0.2) is 14.2 Å². The third-order valence-corrected chi connectivity index (χ3v) is 3.97. The third kappa shape index (κ3) is 2.77. The van der Waals surface area contributed by atoms with Crippen LogP contribution in [0.4, 0.5) is 4.39 Å². The summed E-state index contributed by atoms with van der Waals surface area (Å²) in [5, 5.41) is 9.82. The van der Waals surface area contributed by atoms with E-state index in [1.54, 1.807) is 6.07 Å². The molecule has 0 aliphatic heterocycles. The first-order valence-electron chi connectivity index (χ1n) is 5.72. The molecule has 2 aromatic rings. The van der Waals surface area contributed by atoms with Gasteiger partial charge in [0.2, 0.25) is 0 Å². The quantitative estimate of drug-likeness (QED) is 0.918. The molecule has 0 saturated heterocycles. The standard InChI is InChI=1S/C13H11ClFNO2S/c1-2-4-9-16-11(13(17)18)12(19-9)7-5-3-6-8(14)10(7)15/h3,5-6H,2,4H2,1H3,(H,17,18). The van der Waals surface area contributed by atoms with Crippen molar-refractivity contribution in [3.8, 4) is 10.4 Å². The summed E-state index contributed by atoms with van der Waals surface area (Å²) in [7, 11) is 0. The largest absolute Gasteiger partial charge is 0.476 e. The minimum absolute atomic E-state index is 0.0284. The number of rotatable bonds is 4. The molecule has 0 unspecified atom stereocenters. The lowest BCUT2D eigenvalue weighted by molar-refractivity contribution is 0.0692. The van der Waals surface area contributed by atoms with E-state index >= 15 is 0 Å². The molecule has 0 aliphatic rings. The van der Waals surface area contributed by atoms with Crippen molar-refractivity contribution in [2.75, 3.05) is 0 Å². The highest BCUT2D eigenvalue weighted by molar-refractivity contribution is 7.15. The van der Waals surface area contributed by atoms with Gasteiger partial charge in [0, 0.05) is 5.56 Å². The molecule has 0 atom stereocenters. The molecule has 1 aromatic carbocycles. The van der Waals surface area contributed by atoms with Crippen LogP contribution in [0.3, 0.4) is 0 Å². The lowest BCUT2D eigenvalue weighted by Gasteiger charge is -2.02. The Balaban J connectivity index is 2.60. The number of aromatic carboxylic acids is 1. The Morgan fingerprint density at radius 1 is 1.53 bits per heavy atom. The number of nitrogens with zero attached hydrogens (tertiary/aromatic N) is 1. The molecular weight excluding hydrogens is 289 g/mol. The first-order valence-corrected chi connectivity index (χ1v) is 6.91. The van der Waals surface area contributed by atoms with Crippen molar-refractivity contribution in [3.63, 3.8) is 0 Å². The fourth-order valence-electron chi connectivity index (χ4n) is 1.69. The van der Waals surface area contributed by atoms with Gasteiger partial charge in [-0.1, -0.05) is 30.7 Å². The Kier molecular flexibility index (Phi) is 4.17. The van der Waals surface area contributed by atoms with Gasteiger partial charge >= 0.3 is 5.97 Å². The van der Waals surface area contributed by atoms with Crippen LogP contribution < -0.4 is 0 Å². The molecule has 3 nitrogen and oxygen atoms in total. The minimum atomic E-state index is -1.16. The zero-order valence-corrected chi connectivity index (χ0v) is 11.7. The molecule has 0 saturated carbocycles. The maximum absolute atomic E-state index is 14.0. The van der Waals surface area contributed by atoms with Crippen LogP contribution in [0, 0.1) is 5.82 Å². The van der Waals surface area contributed by atoms with Gasteiger partial charge in [0.25, 0.3) is 0 Å². The van der Waals surface area contributed by atoms with Crippen LogP contribution in [0.5, 0.6) is 0 Å². The highest BCUT2D eigenvalue weighted by atomic mass is 35.5. The summed E-state index contributed by atoms with van der Waals surface area (Å²) in [6.07, 6.45) is 1.52. The summed E-state index contributed by atoms with van der Waals surface area (Å²) in [5.41, 5.74) is 0.0689. The summed E-state index contributed by atoms with van der Waals surface area (Å²) in [6, 6.07) is 4.53. The van der Waals surface area contributed by atoms with Gasteiger partial charge in [0.1, 0.15) is 5.82 Å². The average Bonchev–Trinajstić information content (AvgIpc) is 2.77. The Morgan fingerprint density at radius 2 is 2.26 bits per heavy atom. The molecule has 0 radical (unpaired) electrons. The van der Waals surface area contributed by atoms with Crippen LogP contribution in [0.25, 0.3) is 10.4 Å². The molecule has 0 aliphatic carbocycles. The second kappa shape index (κ2) is 5.67. The molecule has 1 aromatic heterocycles. The van der Waals surface area contributed by atoms with Crippen molar-refractivity contribution in [1.29, 1.82) is 0 Å². The monoisotopic (exact) mass is 299 g/mol. The van der Waals surface area contributed by atoms with Crippen molar-refractivity contribution in [2.24, 2.45) is 0 Å². The van der Waals surface area contributed by atoms with Crippen LogP contribution in [0.2, 0.25) is 5.02 Å². The van der Waals surface area contributed by atoms with Crippen molar-refractivity contribution >= 4 is 28.9 Å². The molecule has 100 valence electrons. The molecule has 1 heterocycles. The number of aromatic nitrogens is 1. The number of aryl methyl sites for hydroxylation is 1. The van der Waals surface area contributed by atoms with Gasteiger partial charge in [0.05, 0.1) is 14.9 Å². The normalized spacial score (nSPS) is 10.7. The second-order valence-electron chi connectivity index (χ2n) is 3.94. The number of benzene rings is 1. The summed E-state index contributed by atoms with van der Waals surface area (Å²) >= 11 is 6.92. The zero-order valence-electron chi connectivity index (χ0n) is 10.1. The molecule has 1 N–H and O–H groups in total. The van der Waals surface area contributed by atoms with E-state index < -0.39 is 11.8 Å². The summed E-state index contributed by atoms with van der Waals surface area (Å²) in [6.45, 7) is 1.97. The Morgan fingerprint density at radius 3 is 2.89 bits per heavy atom. The number of hydrogen-bond acceptors (Lipinski definition) is 3. The predicted octanol–water partition coefficient (Wildman–Crippen LogP) is 4.25. The molecule has 0 spiro atoms. The second-order valence-corrected chi connectivity index (χ2v) is 5.43. The SMILES string of the molecule is CCCc1nc(C(=O)O)c(-c2cccc(Cl)c2F)s1. The number of thiazole rings is 1. The fraction of sp³-hybridized carbons (Fsp3) is 0.231. The van der Waals surface area contributed by atoms with Crippen LogP contribution in [0.15, 0.2) is 18.2 Å². The van der Waals surface area contributed by atoms with Crippen LogP contribution in [-0.4, -0.2) is 16.1 Å². The molecule has 0 bridgehead atoms. The van der Waals surface area contributed by atoms with E-state index in [1.165, 1.54) is 23.5 Å². The van der Waals surface area contributed by atoms with Gasteiger partial charge in [-0.05, 0) is 18.9 Å². The molecule has 0 amide bonds. The van der Waals surface area contributed by atoms with Gasteiger partial charge < -0.3 is 5.11 Å². The number of carboxylic acid groups (broad SMARTS) is 1. The Bertz CT molecular complexity index is 627. The number of carbonyl (C=O) groups is 1. The third-order valence-electron chi connectivity index (χ3n) is 2.53. The molecule has 19 heavy (non-hydrogen) atoms. The summed E-state index contributed by atoms with van der Waals surface area (Å²) < 4.78 is 14.0. The van der Waals surface area contributed by atoms with Crippen LogP contribution in [0.1, 0.15) is 28.8 Å². The predicted molar refractivity (Wildman–Crippen MR) is 73.5 cm³/mol. The molecule has 2 rings (SSSR count). The minimum Gasteiger partial charge on any atom is -0.476 e. The van der Waals surface area contributed by atoms with Gasteiger partial charge in [-0.3, -0.25) is 0 Å². The number of halogens is 2. The van der Waals surface area contributed by atoms with E-state index in [0.717, 1.165) is 6.42 Å². The summed E-state index contributed by atoms with van der Waals surface area (Å²) in [5.74, 6) is -1.77. The van der Waals surface area contributed by atoms with Crippen LogP contribution in [-0.2, 0) is 6.42 Å². The highest BCUT2D eigenvalue weighted by Crippen LogP contribution is 2.35. The lowest BCUT2D eigenvalue weighted by Crippen LogP contribution is -2.00. The van der Waals surface area contributed by atoms with Gasteiger partial charge in [0.15, 0.2) is 5.69 Å². The Labute approximate surface area is 118 Å². The molecular formula is C13H11ClFNO2S. The smallest absolute Gasteiger partial charge is 0.356 e. The van der Waals surface area contributed by atoms with Crippen molar-refractivity contribution in [3.05, 3.63) is 39.7 Å². The maximum Gasteiger partial charge on any atom is 0.356 e. The van der Waals surface area contributed by atoms with E-state index in [1.807, 2.05) is 6.92 Å². The fourth-order valence-corrected chi connectivity index (χ4v) is 3.04.